The van der Waals surface area contributed by atoms with Gasteiger partial charge < -0.3 is 20.9 Å². The molecule has 0 aromatic heterocycles. The number of hydrogen-bond donors (Lipinski definition) is 3. The average Bonchev–Trinajstić information content (AvgIpc) is 2.55. The Kier molecular flexibility index (Phi) is 9.44. The van der Waals surface area contributed by atoms with Gasteiger partial charge in [-0.05, 0) is 33.1 Å². The van der Waals surface area contributed by atoms with Crippen molar-refractivity contribution in [3.8, 4) is 0 Å². The van der Waals surface area contributed by atoms with Crippen molar-refractivity contribution in [1.29, 1.82) is 0 Å². The van der Waals surface area contributed by atoms with E-state index in [0.717, 1.165) is 25.9 Å². The van der Waals surface area contributed by atoms with Crippen LogP contribution in [0, 0.1) is 0 Å². The number of carbonyl (C=O) groups is 2. The molecule has 1 saturated carbocycles. The number of hydrogen-bond acceptors (Lipinski definition) is 3. The molecular formula is C17H33ClN4O2. The first-order chi connectivity index (χ1) is 11.1. The third kappa shape index (κ3) is 6.48. The molecule has 1 aliphatic carbocycles. The first kappa shape index (κ1) is 21.0. The molecule has 0 aromatic rings. The van der Waals surface area contributed by atoms with Crippen molar-refractivity contribution in [2.24, 2.45) is 0 Å². The van der Waals surface area contributed by atoms with Crippen molar-refractivity contribution in [3.05, 3.63) is 0 Å². The first-order valence-corrected chi connectivity index (χ1v) is 9.15. The molecule has 6 nitrogen and oxygen atoms in total. The van der Waals surface area contributed by atoms with Crippen LogP contribution in [0.2, 0.25) is 0 Å². The van der Waals surface area contributed by atoms with E-state index in [1.165, 1.54) is 19.3 Å². The van der Waals surface area contributed by atoms with Crippen LogP contribution in [0.5, 0.6) is 0 Å². The third-order valence-corrected chi connectivity index (χ3v) is 5.15. The topological polar surface area (TPSA) is 73.5 Å². The Hall–Kier alpha value is -1.01. The molecule has 0 radical (unpaired) electrons. The second-order valence-corrected chi connectivity index (χ2v) is 6.91. The van der Waals surface area contributed by atoms with E-state index in [1.54, 1.807) is 0 Å². The van der Waals surface area contributed by atoms with Crippen molar-refractivity contribution in [2.45, 2.75) is 76.9 Å². The number of piperazine rings is 1. The average molecular weight is 361 g/mol. The molecule has 0 spiro atoms. The summed E-state index contributed by atoms with van der Waals surface area (Å²) in [6.45, 7) is 6.39. The molecule has 140 valence electrons. The van der Waals surface area contributed by atoms with Crippen molar-refractivity contribution in [3.63, 3.8) is 0 Å². The molecule has 2 fully saturated rings. The second-order valence-electron chi connectivity index (χ2n) is 6.91. The van der Waals surface area contributed by atoms with E-state index in [2.05, 4.69) is 29.8 Å². The van der Waals surface area contributed by atoms with Crippen molar-refractivity contribution in [2.75, 3.05) is 19.6 Å². The van der Waals surface area contributed by atoms with Crippen molar-refractivity contribution < 1.29 is 9.59 Å². The van der Waals surface area contributed by atoms with Crippen LogP contribution in [-0.4, -0.2) is 54.6 Å². The van der Waals surface area contributed by atoms with E-state index in [-0.39, 0.29) is 30.4 Å². The summed E-state index contributed by atoms with van der Waals surface area (Å²) < 4.78 is 0. The van der Waals surface area contributed by atoms with Gasteiger partial charge in [-0.3, -0.25) is 4.79 Å². The quantitative estimate of drug-likeness (QED) is 0.657. The molecule has 1 saturated heterocycles. The van der Waals surface area contributed by atoms with E-state index in [0.29, 0.717) is 31.5 Å². The van der Waals surface area contributed by atoms with Gasteiger partial charge >= 0.3 is 6.03 Å². The lowest BCUT2D eigenvalue weighted by Crippen LogP contribution is -2.57. The molecule has 2 atom stereocenters. The highest BCUT2D eigenvalue weighted by Crippen LogP contribution is 2.17. The van der Waals surface area contributed by atoms with E-state index >= 15 is 0 Å². The largest absolute Gasteiger partial charge is 0.338 e. The maximum Gasteiger partial charge on any atom is 0.315 e. The third-order valence-electron chi connectivity index (χ3n) is 5.15. The Morgan fingerprint density at radius 1 is 1.17 bits per heavy atom. The summed E-state index contributed by atoms with van der Waals surface area (Å²) in [5.41, 5.74) is 0. The monoisotopic (exact) mass is 360 g/mol. The number of nitrogens with one attached hydrogen (secondary N) is 3. The van der Waals surface area contributed by atoms with Gasteiger partial charge in [0.2, 0.25) is 5.91 Å². The highest BCUT2D eigenvalue weighted by Gasteiger charge is 2.27. The molecule has 1 heterocycles. The minimum absolute atomic E-state index is 0. The number of nitrogens with zero attached hydrogens (tertiary/aromatic N) is 1. The highest BCUT2D eigenvalue weighted by molar-refractivity contribution is 5.85. The Labute approximate surface area is 151 Å². The molecule has 0 aromatic carbocycles. The minimum atomic E-state index is -0.0893. The lowest BCUT2D eigenvalue weighted by atomic mass is 9.96. The zero-order valence-corrected chi connectivity index (χ0v) is 15.8. The Bertz CT molecular complexity index is 402. The summed E-state index contributed by atoms with van der Waals surface area (Å²) in [6, 6.07) is 0.813. The highest BCUT2D eigenvalue weighted by atomic mass is 35.5. The fourth-order valence-corrected chi connectivity index (χ4v) is 3.48. The van der Waals surface area contributed by atoms with Gasteiger partial charge in [-0.1, -0.05) is 19.3 Å². The fourth-order valence-electron chi connectivity index (χ4n) is 3.48. The van der Waals surface area contributed by atoms with Gasteiger partial charge in [0.1, 0.15) is 0 Å². The number of rotatable bonds is 5. The first-order valence-electron chi connectivity index (χ1n) is 9.15. The molecule has 24 heavy (non-hydrogen) atoms. The van der Waals surface area contributed by atoms with Gasteiger partial charge in [-0.15, -0.1) is 12.4 Å². The maximum atomic E-state index is 12.3. The molecule has 2 rings (SSSR count). The predicted octanol–water partition coefficient (Wildman–Crippen LogP) is 2.03. The van der Waals surface area contributed by atoms with E-state index < -0.39 is 0 Å². The smallest absolute Gasteiger partial charge is 0.315 e. The minimum Gasteiger partial charge on any atom is -0.338 e. The van der Waals surface area contributed by atoms with Crippen LogP contribution in [0.4, 0.5) is 4.79 Å². The Balaban J connectivity index is 0.00000288. The van der Waals surface area contributed by atoms with Crippen LogP contribution in [0.15, 0.2) is 0 Å². The van der Waals surface area contributed by atoms with Crippen LogP contribution in [0.1, 0.15) is 58.8 Å². The SMILES string of the molecule is CC1NCCN(C(=O)CCCNC(=O)NC2CCCCC2)C1C.Cl. The molecule has 3 N–H and O–H groups in total. The van der Waals surface area contributed by atoms with Gasteiger partial charge in [-0.2, -0.15) is 0 Å². The van der Waals surface area contributed by atoms with Crippen LogP contribution in [0.3, 0.4) is 0 Å². The summed E-state index contributed by atoms with van der Waals surface area (Å²) in [6.07, 6.45) is 7.07. The van der Waals surface area contributed by atoms with Crippen LogP contribution >= 0.6 is 12.4 Å². The van der Waals surface area contributed by atoms with Crippen LogP contribution in [0.25, 0.3) is 0 Å². The number of amides is 3. The standard InChI is InChI=1S/C17H32N4O2.ClH/c1-13-14(2)21(12-11-18-13)16(22)9-6-10-19-17(23)20-15-7-4-3-5-8-15;/h13-15,18H,3-12H2,1-2H3,(H2,19,20,23);1H. The lowest BCUT2D eigenvalue weighted by molar-refractivity contribution is -0.134. The molecule has 3 amide bonds. The van der Waals surface area contributed by atoms with E-state index in [4.69, 9.17) is 0 Å². The number of urea groups is 1. The van der Waals surface area contributed by atoms with Crippen molar-refractivity contribution >= 4 is 24.3 Å². The fraction of sp³-hybridized carbons (Fsp3) is 0.882. The molecule has 7 heteroatoms. The Morgan fingerprint density at radius 3 is 2.58 bits per heavy atom. The van der Waals surface area contributed by atoms with Gasteiger partial charge in [0.25, 0.3) is 0 Å². The van der Waals surface area contributed by atoms with Crippen LogP contribution < -0.4 is 16.0 Å². The summed E-state index contributed by atoms with van der Waals surface area (Å²) in [4.78, 5) is 26.1. The molecular weight excluding hydrogens is 328 g/mol. The summed E-state index contributed by atoms with van der Waals surface area (Å²) in [5, 5.41) is 9.28. The normalized spacial score (nSPS) is 24.8. The molecule has 1 aliphatic heterocycles. The lowest BCUT2D eigenvalue weighted by Gasteiger charge is -2.38. The second kappa shape index (κ2) is 10.8. The number of halogens is 1. The molecule has 2 unspecified atom stereocenters. The zero-order chi connectivity index (χ0) is 16.7. The molecule has 0 bridgehead atoms. The van der Waals surface area contributed by atoms with E-state index in [1.807, 2.05) is 4.90 Å². The van der Waals surface area contributed by atoms with Crippen molar-refractivity contribution in [1.82, 2.24) is 20.9 Å². The Morgan fingerprint density at radius 2 is 1.88 bits per heavy atom. The zero-order valence-electron chi connectivity index (χ0n) is 15.0. The van der Waals surface area contributed by atoms with E-state index in [9.17, 15) is 9.59 Å². The van der Waals surface area contributed by atoms with Crippen LogP contribution in [-0.2, 0) is 4.79 Å². The number of carbonyl (C=O) groups excluding carboxylic acids is 2. The van der Waals surface area contributed by atoms with Gasteiger partial charge in [0.15, 0.2) is 0 Å². The summed E-state index contributed by atoms with van der Waals surface area (Å²) >= 11 is 0. The molecule has 2 aliphatic rings. The summed E-state index contributed by atoms with van der Waals surface area (Å²) in [7, 11) is 0. The van der Waals surface area contributed by atoms with Gasteiger partial charge in [-0.25, -0.2) is 4.79 Å². The van der Waals surface area contributed by atoms with Gasteiger partial charge in [0, 0.05) is 44.2 Å². The maximum absolute atomic E-state index is 12.3. The predicted molar refractivity (Wildman–Crippen MR) is 98.5 cm³/mol. The van der Waals surface area contributed by atoms with Gasteiger partial charge in [0.05, 0.1) is 0 Å². The summed E-state index contributed by atoms with van der Waals surface area (Å²) in [5.74, 6) is 0.195.